The Morgan fingerprint density at radius 2 is 1.88 bits per heavy atom. The highest BCUT2D eigenvalue weighted by molar-refractivity contribution is 5.12. The molecule has 0 aromatic carbocycles. The Kier molecular flexibility index (Phi) is 4.46. The third-order valence-electron chi connectivity index (χ3n) is 5.75. The Morgan fingerprint density at radius 3 is 2.60 bits per heavy atom. The van der Waals surface area contributed by atoms with Crippen LogP contribution in [0.4, 0.5) is 0 Å². The summed E-state index contributed by atoms with van der Waals surface area (Å²) >= 11 is 0. The van der Waals surface area contributed by atoms with Crippen LogP contribution in [0.2, 0.25) is 0 Å². The fraction of sp³-hybridized carbons (Fsp3) is 0.632. The van der Waals surface area contributed by atoms with E-state index in [-0.39, 0.29) is 5.56 Å². The first-order valence-corrected chi connectivity index (χ1v) is 9.37. The molecule has 6 heteroatoms. The minimum atomic E-state index is 0.114. The lowest BCUT2D eigenvalue weighted by molar-refractivity contribution is 0.163. The van der Waals surface area contributed by atoms with Crippen molar-refractivity contribution in [3.8, 4) is 0 Å². The SMILES string of the molecule is Cc1ncn(CC2CCN(Cc3cncn3C3CC3)CC2)c(=O)c1C. The van der Waals surface area contributed by atoms with Gasteiger partial charge in [0.25, 0.3) is 5.56 Å². The van der Waals surface area contributed by atoms with Crippen molar-refractivity contribution < 1.29 is 0 Å². The van der Waals surface area contributed by atoms with Crippen molar-refractivity contribution in [2.24, 2.45) is 5.92 Å². The van der Waals surface area contributed by atoms with Gasteiger partial charge in [0.05, 0.1) is 18.3 Å². The average Bonchev–Trinajstić information content (AvgIpc) is 3.36. The van der Waals surface area contributed by atoms with Crippen molar-refractivity contribution >= 4 is 0 Å². The molecule has 2 fully saturated rings. The third kappa shape index (κ3) is 3.54. The molecule has 0 N–H and O–H groups in total. The molecule has 1 aliphatic carbocycles. The summed E-state index contributed by atoms with van der Waals surface area (Å²) < 4.78 is 4.15. The summed E-state index contributed by atoms with van der Waals surface area (Å²) in [5, 5.41) is 0. The molecule has 25 heavy (non-hydrogen) atoms. The second-order valence-corrected chi connectivity index (χ2v) is 7.66. The van der Waals surface area contributed by atoms with Crippen LogP contribution in [0.25, 0.3) is 0 Å². The Morgan fingerprint density at radius 1 is 1.12 bits per heavy atom. The van der Waals surface area contributed by atoms with Gasteiger partial charge in [0.15, 0.2) is 0 Å². The number of aromatic nitrogens is 4. The quantitative estimate of drug-likeness (QED) is 0.837. The normalized spacial score (nSPS) is 19.4. The van der Waals surface area contributed by atoms with Crippen LogP contribution in [0.1, 0.15) is 48.7 Å². The minimum Gasteiger partial charge on any atom is -0.330 e. The second-order valence-electron chi connectivity index (χ2n) is 7.66. The summed E-state index contributed by atoms with van der Waals surface area (Å²) in [6.45, 7) is 7.73. The van der Waals surface area contributed by atoms with Crippen LogP contribution < -0.4 is 5.56 Å². The molecule has 6 nitrogen and oxygen atoms in total. The average molecular weight is 341 g/mol. The molecule has 0 radical (unpaired) electrons. The highest BCUT2D eigenvalue weighted by Gasteiger charge is 2.27. The van der Waals surface area contributed by atoms with Crippen LogP contribution in [0, 0.1) is 19.8 Å². The predicted molar refractivity (Wildman–Crippen MR) is 96.5 cm³/mol. The van der Waals surface area contributed by atoms with Gasteiger partial charge in [-0.3, -0.25) is 14.3 Å². The monoisotopic (exact) mass is 341 g/mol. The molecule has 0 bridgehead atoms. The van der Waals surface area contributed by atoms with Crippen molar-refractivity contribution in [1.82, 2.24) is 24.0 Å². The number of imidazole rings is 1. The third-order valence-corrected chi connectivity index (χ3v) is 5.75. The Hall–Kier alpha value is -1.95. The summed E-state index contributed by atoms with van der Waals surface area (Å²) in [5.74, 6) is 0.561. The van der Waals surface area contributed by atoms with Crippen LogP contribution in [0.3, 0.4) is 0 Å². The fourth-order valence-electron chi connectivity index (χ4n) is 3.78. The molecule has 0 atom stereocenters. The standard InChI is InChI=1S/C19H27N5O/c1-14-15(2)21-13-23(19(14)25)10-16-5-7-22(8-6-16)11-18-9-20-12-24(18)17-3-4-17/h9,12-13,16-17H,3-8,10-11H2,1-2H3. The maximum Gasteiger partial charge on any atom is 0.256 e. The zero-order valence-corrected chi connectivity index (χ0v) is 15.2. The first kappa shape index (κ1) is 16.5. The predicted octanol–water partition coefficient (Wildman–Crippen LogP) is 2.30. The van der Waals surface area contributed by atoms with Gasteiger partial charge in [-0.15, -0.1) is 0 Å². The lowest BCUT2D eigenvalue weighted by Crippen LogP contribution is -2.36. The van der Waals surface area contributed by atoms with E-state index < -0.39 is 0 Å². The zero-order chi connectivity index (χ0) is 17.4. The molecule has 2 aliphatic rings. The minimum absolute atomic E-state index is 0.114. The van der Waals surface area contributed by atoms with Crippen LogP contribution >= 0.6 is 0 Å². The topological polar surface area (TPSA) is 56.0 Å². The van der Waals surface area contributed by atoms with E-state index in [1.54, 1.807) is 10.9 Å². The Labute approximate surface area is 148 Å². The molecule has 0 spiro atoms. The van der Waals surface area contributed by atoms with Gasteiger partial charge in [-0.2, -0.15) is 0 Å². The van der Waals surface area contributed by atoms with Crippen molar-refractivity contribution in [3.63, 3.8) is 0 Å². The van der Waals surface area contributed by atoms with E-state index in [0.29, 0.717) is 12.0 Å². The number of likely N-dealkylation sites (tertiary alicyclic amines) is 1. The van der Waals surface area contributed by atoms with Crippen LogP contribution in [-0.2, 0) is 13.1 Å². The molecule has 2 aromatic rings. The smallest absolute Gasteiger partial charge is 0.256 e. The van der Waals surface area contributed by atoms with E-state index >= 15 is 0 Å². The van der Waals surface area contributed by atoms with Gasteiger partial charge in [-0.25, -0.2) is 9.97 Å². The molecule has 0 unspecified atom stereocenters. The highest BCUT2D eigenvalue weighted by Crippen LogP contribution is 2.36. The van der Waals surface area contributed by atoms with Crippen molar-refractivity contribution in [1.29, 1.82) is 0 Å². The molecule has 0 amide bonds. The maximum atomic E-state index is 12.3. The van der Waals surface area contributed by atoms with Crippen molar-refractivity contribution in [2.75, 3.05) is 13.1 Å². The van der Waals surface area contributed by atoms with E-state index in [9.17, 15) is 4.79 Å². The molecule has 2 aromatic heterocycles. The van der Waals surface area contributed by atoms with E-state index in [1.165, 1.54) is 18.5 Å². The summed E-state index contributed by atoms with van der Waals surface area (Å²) in [6.07, 6.45) is 10.6. The van der Waals surface area contributed by atoms with E-state index in [2.05, 4.69) is 19.4 Å². The van der Waals surface area contributed by atoms with Crippen LogP contribution in [-0.4, -0.2) is 37.1 Å². The molecule has 4 rings (SSSR count). The Bertz CT molecular complexity index is 796. The number of nitrogens with zero attached hydrogens (tertiary/aromatic N) is 5. The van der Waals surface area contributed by atoms with E-state index in [0.717, 1.165) is 50.3 Å². The highest BCUT2D eigenvalue weighted by atomic mass is 16.1. The Balaban J connectivity index is 1.33. The molecule has 1 saturated carbocycles. The van der Waals surface area contributed by atoms with E-state index in [1.807, 2.05) is 26.4 Å². The molecular formula is C19H27N5O. The van der Waals surface area contributed by atoms with E-state index in [4.69, 9.17) is 0 Å². The summed E-state index contributed by atoms with van der Waals surface area (Å²) in [4.78, 5) is 23.6. The molecule has 3 heterocycles. The zero-order valence-electron chi connectivity index (χ0n) is 15.2. The summed E-state index contributed by atoms with van der Waals surface area (Å²) in [7, 11) is 0. The van der Waals surface area contributed by atoms with Crippen molar-refractivity contribution in [2.45, 2.75) is 58.7 Å². The van der Waals surface area contributed by atoms with Crippen LogP contribution in [0.5, 0.6) is 0 Å². The molecule has 1 saturated heterocycles. The first-order chi connectivity index (χ1) is 12.1. The number of piperidine rings is 1. The van der Waals surface area contributed by atoms with Gasteiger partial charge >= 0.3 is 0 Å². The van der Waals surface area contributed by atoms with Crippen LogP contribution in [0.15, 0.2) is 23.6 Å². The number of hydrogen-bond acceptors (Lipinski definition) is 4. The van der Waals surface area contributed by atoms with Gasteiger partial charge in [0, 0.05) is 36.6 Å². The number of rotatable bonds is 5. The largest absolute Gasteiger partial charge is 0.330 e. The summed E-state index contributed by atoms with van der Waals surface area (Å²) in [5.41, 5.74) is 3.07. The van der Waals surface area contributed by atoms with Gasteiger partial charge in [0.2, 0.25) is 0 Å². The first-order valence-electron chi connectivity index (χ1n) is 9.37. The van der Waals surface area contributed by atoms with Gasteiger partial charge < -0.3 is 4.57 Å². The van der Waals surface area contributed by atoms with Gasteiger partial charge in [-0.1, -0.05) is 0 Å². The number of hydrogen-bond donors (Lipinski definition) is 0. The summed E-state index contributed by atoms with van der Waals surface area (Å²) in [6, 6.07) is 0.694. The molecular weight excluding hydrogens is 314 g/mol. The lowest BCUT2D eigenvalue weighted by Gasteiger charge is -2.32. The number of aryl methyl sites for hydroxylation is 1. The van der Waals surface area contributed by atoms with Crippen molar-refractivity contribution in [3.05, 3.63) is 46.2 Å². The van der Waals surface area contributed by atoms with Gasteiger partial charge in [0.1, 0.15) is 0 Å². The maximum absolute atomic E-state index is 12.3. The lowest BCUT2D eigenvalue weighted by atomic mass is 9.96. The second kappa shape index (κ2) is 6.75. The van der Waals surface area contributed by atoms with Gasteiger partial charge in [-0.05, 0) is 58.5 Å². The molecule has 1 aliphatic heterocycles. The molecule has 134 valence electrons. The fourth-order valence-corrected chi connectivity index (χ4v) is 3.78.